The number of ether oxygens (including phenoxy) is 2. The average molecular weight is 300 g/mol. The van der Waals surface area contributed by atoms with Crippen molar-refractivity contribution in [2.75, 3.05) is 66.7 Å². The van der Waals surface area contributed by atoms with E-state index in [1.54, 1.807) is 7.11 Å². The van der Waals surface area contributed by atoms with E-state index in [0.29, 0.717) is 13.2 Å². The lowest BCUT2D eigenvalue weighted by Crippen LogP contribution is -2.43. The molecule has 6 heteroatoms. The first-order chi connectivity index (χ1) is 10.4. The predicted molar refractivity (Wildman–Crippen MR) is 87.0 cm³/mol. The molecule has 1 rings (SSSR count). The molecule has 0 aromatic carbocycles. The molecule has 0 spiro atoms. The molecule has 1 fully saturated rings. The maximum absolute atomic E-state index is 5.42. The van der Waals surface area contributed by atoms with Crippen LogP contribution in [0.2, 0.25) is 0 Å². The summed E-state index contributed by atoms with van der Waals surface area (Å²) in [7, 11) is 3.50. The van der Waals surface area contributed by atoms with Crippen LogP contribution < -0.4 is 10.6 Å². The second-order valence-electron chi connectivity index (χ2n) is 5.29. The normalized spacial score (nSPS) is 17.0. The minimum Gasteiger partial charge on any atom is -0.382 e. The van der Waals surface area contributed by atoms with Crippen molar-refractivity contribution in [3.8, 4) is 0 Å². The highest BCUT2D eigenvalue weighted by atomic mass is 16.5. The van der Waals surface area contributed by atoms with E-state index >= 15 is 0 Å². The van der Waals surface area contributed by atoms with Crippen LogP contribution in [0, 0.1) is 0 Å². The van der Waals surface area contributed by atoms with Gasteiger partial charge in [-0.05, 0) is 32.4 Å². The Morgan fingerprint density at radius 1 is 1.05 bits per heavy atom. The molecule has 0 unspecified atom stereocenters. The van der Waals surface area contributed by atoms with Crippen molar-refractivity contribution >= 4 is 5.96 Å². The summed E-state index contributed by atoms with van der Waals surface area (Å²) in [5.74, 6) is 0.879. The molecule has 0 bridgehead atoms. The quantitative estimate of drug-likeness (QED) is 0.353. The molecule has 6 nitrogen and oxygen atoms in total. The van der Waals surface area contributed by atoms with E-state index in [1.807, 2.05) is 7.05 Å². The lowest BCUT2D eigenvalue weighted by Gasteiger charge is -2.26. The van der Waals surface area contributed by atoms with Crippen LogP contribution in [-0.2, 0) is 9.47 Å². The van der Waals surface area contributed by atoms with Gasteiger partial charge in [0.2, 0.25) is 0 Å². The van der Waals surface area contributed by atoms with E-state index in [0.717, 1.165) is 38.6 Å². The van der Waals surface area contributed by atoms with E-state index in [9.17, 15) is 0 Å². The van der Waals surface area contributed by atoms with Gasteiger partial charge in [0.05, 0.1) is 13.2 Å². The van der Waals surface area contributed by atoms with Crippen molar-refractivity contribution < 1.29 is 9.47 Å². The van der Waals surface area contributed by atoms with Gasteiger partial charge in [-0.2, -0.15) is 0 Å². The van der Waals surface area contributed by atoms with Gasteiger partial charge in [-0.25, -0.2) is 0 Å². The fourth-order valence-corrected chi connectivity index (χ4v) is 2.36. The Morgan fingerprint density at radius 3 is 2.52 bits per heavy atom. The lowest BCUT2D eigenvalue weighted by atomic mass is 10.1. The predicted octanol–water partition coefficient (Wildman–Crippen LogP) is 0.690. The van der Waals surface area contributed by atoms with Gasteiger partial charge in [0.15, 0.2) is 5.96 Å². The number of hydrogen-bond acceptors (Lipinski definition) is 4. The van der Waals surface area contributed by atoms with Crippen LogP contribution in [0.3, 0.4) is 0 Å². The first kappa shape index (κ1) is 18.2. The molecule has 2 N–H and O–H groups in total. The smallest absolute Gasteiger partial charge is 0.191 e. The van der Waals surface area contributed by atoms with Crippen molar-refractivity contribution in [2.24, 2.45) is 4.99 Å². The Kier molecular flexibility index (Phi) is 11.1. The summed E-state index contributed by atoms with van der Waals surface area (Å²) >= 11 is 0. The number of nitrogens with one attached hydrogen (secondary N) is 2. The largest absolute Gasteiger partial charge is 0.382 e. The Labute approximate surface area is 129 Å². The number of nitrogens with zero attached hydrogens (tertiary/aromatic N) is 2. The molecule has 21 heavy (non-hydrogen) atoms. The molecule has 0 saturated carbocycles. The topological polar surface area (TPSA) is 58.1 Å². The number of aliphatic imine (C=N–C) groups is 1. The first-order valence-corrected chi connectivity index (χ1v) is 8.10. The standard InChI is InChI=1S/C15H32N4O2/c1-16-15(17-7-6-12-21-14-13-20-2)18-8-11-19-9-4-3-5-10-19/h3-14H2,1-2H3,(H2,16,17,18). The fraction of sp³-hybridized carbons (Fsp3) is 0.933. The molecule has 0 atom stereocenters. The van der Waals surface area contributed by atoms with Gasteiger partial charge in [0.1, 0.15) is 0 Å². The van der Waals surface area contributed by atoms with Gasteiger partial charge < -0.3 is 25.0 Å². The summed E-state index contributed by atoms with van der Waals surface area (Å²) in [6.45, 7) is 7.48. The maximum atomic E-state index is 5.42. The minimum atomic E-state index is 0.660. The zero-order chi connectivity index (χ0) is 15.2. The van der Waals surface area contributed by atoms with Crippen LogP contribution in [0.25, 0.3) is 0 Å². The molecular formula is C15H32N4O2. The summed E-state index contributed by atoms with van der Waals surface area (Å²) in [5.41, 5.74) is 0. The minimum absolute atomic E-state index is 0.660. The average Bonchev–Trinajstić information content (AvgIpc) is 2.53. The van der Waals surface area contributed by atoms with Crippen molar-refractivity contribution in [3.05, 3.63) is 0 Å². The van der Waals surface area contributed by atoms with Crippen LogP contribution >= 0.6 is 0 Å². The molecular weight excluding hydrogens is 268 g/mol. The number of likely N-dealkylation sites (tertiary alicyclic amines) is 1. The van der Waals surface area contributed by atoms with Gasteiger partial charge in [0.25, 0.3) is 0 Å². The molecule has 1 saturated heterocycles. The van der Waals surface area contributed by atoms with Crippen LogP contribution in [0.15, 0.2) is 4.99 Å². The SMILES string of the molecule is CN=C(NCCCOCCOC)NCCN1CCCCC1. The Bertz CT molecular complexity index is 268. The monoisotopic (exact) mass is 300 g/mol. The molecule has 0 aliphatic carbocycles. The molecule has 0 aromatic rings. The van der Waals surface area contributed by atoms with E-state index in [1.165, 1.54) is 32.4 Å². The molecule has 1 aliphatic heterocycles. The Morgan fingerprint density at radius 2 is 1.81 bits per heavy atom. The molecule has 0 amide bonds. The van der Waals surface area contributed by atoms with E-state index < -0.39 is 0 Å². The number of rotatable bonds is 10. The summed E-state index contributed by atoms with van der Waals surface area (Å²) in [6.07, 6.45) is 5.04. The molecule has 124 valence electrons. The molecule has 1 aliphatic rings. The highest BCUT2D eigenvalue weighted by molar-refractivity contribution is 5.79. The van der Waals surface area contributed by atoms with E-state index in [2.05, 4.69) is 20.5 Å². The van der Waals surface area contributed by atoms with E-state index in [-0.39, 0.29) is 0 Å². The van der Waals surface area contributed by atoms with Gasteiger partial charge in [0, 0.05) is 40.4 Å². The second-order valence-corrected chi connectivity index (χ2v) is 5.29. The highest BCUT2D eigenvalue weighted by Crippen LogP contribution is 2.07. The van der Waals surface area contributed by atoms with Gasteiger partial charge >= 0.3 is 0 Å². The number of piperidine rings is 1. The summed E-state index contributed by atoms with van der Waals surface area (Å²) in [4.78, 5) is 6.75. The number of guanidine groups is 1. The molecule has 0 aromatic heterocycles. The number of hydrogen-bond donors (Lipinski definition) is 2. The Hall–Kier alpha value is -0.850. The van der Waals surface area contributed by atoms with E-state index in [4.69, 9.17) is 9.47 Å². The van der Waals surface area contributed by atoms with Gasteiger partial charge in [-0.3, -0.25) is 4.99 Å². The third kappa shape index (κ3) is 9.66. The van der Waals surface area contributed by atoms with Crippen molar-refractivity contribution in [1.29, 1.82) is 0 Å². The third-order valence-electron chi connectivity index (χ3n) is 3.58. The number of methoxy groups -OCH3 is 1. The molecule has 0 radical (unpaired) electrons. The zero-order valence-electron chi connectivity index (χ0n) is 13.7. The van der Waals surface area contributed by atoms with Crippen molar-refractivity contribution in [1.82, 2.24) is 15.5 Å². The van der Waals surface area contributed by atoms with Crippen molar-refractivity contribution in [2.45, 2.75) is 25.7 Å². The second kappa shape index (κ2) is 12.9. The Balaban J connectivity index is 1.96. The van der Waals surface area contributed by atoms with Crippen molar-refractivity contribution in [3.63, 3.8) is 0 Å². The molecule has 1 heterocycles. The summed E-state index contributed by atoms with van der Waals surface area (Å²) in [6, 6.07) is 0. The van der Waals surface area contributed by atoms with Crippen LogP contribution in [0.4, 0.5) is 0 Å². The van der Waals surface area contributed by atoms with Crippen LogP contribution in [-0.4, -0.2) is 77.6 Å². The lowest BCUT2D eigenvalue weighted by molar-refractivity contribution is 0.0698. The first-order valence-electron chi connectivity index (χ1n) is 8.10. The maximum Gasteiger partial charge on any atom is 0.191 e. The zero-order valence-corrected chi connectivity index (χ0v) is 13.7. The summed E-state index contributed by atoms with van der Waals surface area (Å²) in [5, 5.41) is 6.67. The fourth-order valence-electron chi connectivity index (χ4n) is 2.36. The highest BCUT2D eigenvalue weighted by Gasteiger charge is 2.09. The third-order valence-corrected chi connectivity index (χ3v) is 3.58. The van der Waals surface area contributed by atoms with Gasteiger partial charge in [-0.1, -0.05) is 6.42 Å². The van der Waals surface area contributed by atoms with Crippen LogP contribution in [0.5, 0.6) is 0 Å². The van der Waals surface area contributed by atoms with Gasteiger partial charge in [-0.15, -0.1) is 0 Å². The van der Waals surface area contributed by atoms with Crippen LogP contribution in [0.1, 0.15) is 25.7 Å². The summed E-state index contributed by atoms with van der Waals surface area (Å²) < 4.78 is 10.3.